The van der Waals surface area contributed by atoms with Gasteiger partial charge in [-0.25, -0.2) is 5.43 Å². The predicted octanol–water partition coefficient (Wildman–Crippen LogP) is 3.47. The van der Waals surface area contributed by atoms with Crippen LogP contribution in [0.4, 0.5) is 0 Å². The number of hydrogen-bond acceptors (Lipinski definition) is 4. The summed E-state index contributed by atoms with van der Waals surface area (Å²) in [4.78, 5) is 12.2. The number of rotatable bonds is 5. The number of hydrogen-bond donors (Lipinski definition) is 1. The summed E-state index contributed by atoms with van der Waals surface area (Å²) in [5, 5.41) is 4.17. The van der Waals surface area contributed by atoms with Crippen LogP contribution in [0.3, 0.4) is 0 Å². The molecule has 0 aliphatic carbocycles. The second-order valence-electron chi connectivity index (χ2n) is 5.51. The molecule has 0 saturated heterocycles. The molecule has 1 amide bonds. The Morgan fingerprint density at radius 2 is 1.58 bits per heavy atom. The number of carbonyl (C=O) groups is 1. The zero-order valence-corrected chi connectivity index (χ0v) is 14.6. The topological polar surface area (TPSA) is 59.9 Å². The minimum Gasteiger partial charge on any atom is -0.493 e. The van der Waals surface area contributed by atoms with Gasteiger partial charge in [0.1, 0.15) is 0 Å². The maximum absolute atomic E-state index is 12.2. The van der Waals surface area contributed by atoms with Crippen LogP contribution in [-0.2, 0) is 0 Å². The van der Waals surface area contributed by atoms with Crippen molar-refractivity contribution in [2.75, 3.05) is 14.2 Å². The highest BCUT2D eigenvalue weighted by Crippen LogP contribution is 2.27. The summed E-state index contributed by atoms with van der Waals surface area (Å²) in [5.41, 5.74) is 6.91. The van der Waals surface area contributed by atoms with Crippen LogP contribution in [0.25, 0.3) is 0 Å². The number of methoxy groups -OCH3 is 2. The first kappa shape index (κ1) is 17.5. The normalized spacial score (nSPS) is 11.1. The zero-order chi connectivity index (χ0) is 17.7. The highest BCUT2D eigenvalue weighted by Gasteiger charge is 2.08. The molecule has 5 nitrogen and oxygen atoms in total. The van der Waals surface area contributed by atoms with Crippen molar-refractivity contribution < 1.29 is 14.3 Å². The van der Waals surface area contributed by atoms with E-state index in [1.807, 2.05) is 45.0 Å². The van der Waals surface area contributed by atoms with E-state index in [2.05, 4.69) is 10.5 Å². The Kier molecular flexibility index (Phi) is 5.58. The number of nitrogens with one attached hydrogen (secondary N) is 1. The lowest BCUT2D eigenvalue weighted by molar-refractivity contribution is 0.0954. The smallest absolute Gasteiger partial charge is 0.271 e. The van der Waals surface area contributed by atoms with Crippen molar-refractivity contribution in [3.8, 4) is 11.5 Å². The Hall–Kier alpha value is -2.82. The van der Waals surface area contributed by atoms with Crippen molar-refractivity contribution >= 4 is 11.6 Å². The second-order valence-corrected chi connectivity index (χ2v) is 5.51. The molecular formula is C19H22N2O3. The van der Waals surface area contributed by atoms with Crippen LogP contribution in [0.15, 0.2) is 41.5 Å². The van der Waals surface area contributed by atoms with Crippen molar-refractivity contribution in [3.63, 3.8) is 0 Å². The van der Waals surface area contributed by atoms with Gasteiger partial charge in [-0.1, -0.05) is 6.07 Å². The number of nitrogens with zero attached hydrogens (tertiary/aromatic N) is 1. The molecule has 0 atom stereocenters. The fourth-order valence-corrected chi connectivity index (χ4v) is 2.21. The summed E-state index contributed by atoms with van der Waals surface area (Å²) >= 11 is 0. The first-order valence-corrected chi connectivity index (χ1v) is 7.60. The van der Waals surface area contributed by atoms with E-state index in [4.69, 9.17) is 9.47 Å². The van der Waals surface area contributed by atoms with Gasteiger partial charge < -0.3 is 9.47 Å². The van der Waals surface area contributed by atoms with Gasteiger partial charge in [-0.2, -0.15) is 5.10 Å². The Labute approximate surface area is 142 Å². The maximum Gasteiger partial charge on any atom is 0.271 e. The summed E-state index contributed by atoms with van der Waals surface area (Å²) in [6.45, 7) is 5.81. The predicted molar refractivity (Wildman–Crippen MR) is 95.1 cm³/mol. The second kappa shape index (κ2) is 7.64. The lowest BCUT2D eigenvalue weighted by Gasteiger charge is -2.09. The van der Waals surface area contributed by atoms with E-state index in [1.54, 1.807) is 26.4 Å². The molecule has 0 spiro atoms. The van der Waals surface area contributed by atoms with E-state index in [1.165, 1.54) is 0 Å². The largest absolute Gasteiger partial charge is 0.493 e. The van der Waals surface area contributed by atoms with Crippen molar-refractivity contribution in [1.29, 1.82) is 0 Å². The highest BCUT2D eigenvalue weighted by atomic mass is 16.5. The summed E-state index contributed by atoms with van der Waals surface area (Å²) < 4.78 is 10.5. The van der Waals surface area contributed by atoms with E-state index in [0.29, 0.717) is 22.8 Å². The quantitative estimate of drug-likeness (QED) is 0.676. The van der Waals surface area contributed by atoms with Crippen LogP contribution in [0, 0.1) is 13.8 Å². The van der Waals surface area contributed by atoms with E-state index in [-0.39, 0.29) is 5.91 Å². The molecule has 5 heteroatoms. The molecular weight excluding hydrogens is 304 g/mol. The highest BCUT2D eigenvalue weighted by molar-refractivity contribution is 6.01. The van der Waals surface area contributed by atoms with E-state index in [0.717, 1.165) is 16.7 Å². The van der Waals surface area contributed by atoms with E-state index >= 15 is 0 Å². The summed E-state index contributed by atoms with van der Waals surface area (Å²) in [6.07, 6.45) is 0. The zero-order valence-electron chi connectivity index (χ0n) is 14.6. The Morgan fingerprint density at radius 1 is 0.917 bits per heavy atom. The molecule has 2 aromatic rings. The van der Waals surface area contributed by atoms with Gasteiger partial charge in [0.25, 0.3) is 5.91 Å². The molecule has 0 radical (unpaired) electrons. The molecule has 0 aromatic heterocycles. The molecule has 2 aromatic carbocycles. The molecule has 0 bridgehead atoms. The Balaban J connectivity index is 2.16. The number of aryl methyl sites for hydroxylation is 2. The van der Waals surface area contributed by atoms with Gasteiger partial charge in [0.15, 0.2) is 11.5 Å². The average Bonchev–Trinajstić information content (AvgIpc) is 2.60. The van der Waals surface area contributed by atoms with Gasteiger partial charge >= 0.3 is 0 Å². The third-order valence-electron chi connectivity index (χ3n) is 3.90. The van der Waals surface area contributed by atoms with Crippen molar-refractivity contribution in [1.82, 2.24) is 5.43 Å². The molecule has 0 aliphatic heterocycles. The molecule has 0 fully saturated rings. The Bertz CT molecular complexity index is 782. The minimum atomic E-state index is -0.238. The number of benzene rings is 2. The number of ether oxygens (including phenoxy) is 2. The number of carbonyl (C=O) groups excluding carboxylic acids is 1. The van der Waals surface area contributed by atoms with Crippen LogP contribution < -0.4 is 14.9 Å². The fraction of sp³-hybridized carbons (Fsp3) is 0.263. The van der Waals surface area contributed by atoms with Crippen LogP contribution in [0.2, 0.25) is 0 Å². The molecule has 126 valence electrons. The van der Waals surface area contributed by atoms with Crippen LogP contribution in [0.5, 0.6) is 11.5 Å². The number of hydrazone groups is 1. The molecule has 24 heavy (non-hydrogen) atoms. The standard InChI is InChI=1S/C19H22N2O3/c1-12-6-7-16(10-13(12)2)19(22)21-20-14(3)15-8-9-17(23-4)18(11-15)24-5/h6-11H,1-5H3,(H,21,22). The molecule has 0 aliphatic rings. The molecule has 2 rings (SSSR count). The van der Waals surface area contributed by atoms with Gasteiger partial charge in [-0.05, 0) is 62.2 Å². The lowest BCUT2D eigenvalue weighted by atomic mass is 10.1. The molecule has 0 heterocycles. The van der Waals surface area contributed by atoms with Gasteiger partial charge in [-0.15, -0.1) is 0 Å². The van der Waals surface area contributed by atoms with E-state index < -0.39 is 0 Å². The molecule has 1 N–H and O–H groups in total. The van der Waals surface area contributed by atoms with E-state index in [9.17, 15) is 4.79 Å². The summed E-state index contributed by atoms with van der Waals surface area (Å²) in [5.74, 6) is 1.02. The summed E-state index contributed by atoms with van der Waals surface area (Å²) in [7, 11) is 3.16. The first-order valence-electron chi connectivity index (χ1n) is 7.60. The third-order valence-corrected chi connectivity index (χ3v) is 3.90. The van der Waals surface area contributed by atoms with Crippen molar-refractivity contribution in [2.45, 2.75) is 20.8 Å². The van der Waals surface area contributed by atoms with Crippen molar-refractivity contribution in [2.24, 2.45) is 5.10 Å². The van der Waals surface area contributed by atoms with Crippen LogP contribution in [0.1, 0.15) is 34.0 Å². The number of amides is 1. The van der Waals surface area contributed by atoms with Crippen molar-refractivity contribution in [3.05, 3.63) is 58.7 Å². The third kappa shape index (κ3) is 3.93. The van der Waals surface area contributed by atoms with Gasteiger partial charge in [0, 0.05) is 11.1 Å². The molecule has 0 unspecified atom stereocenters. The van der Waals surface area contributed by atoms with Gasteiger partial charge in [-0.3, -0.25) is 4.79 Å². The van der Waals surface area contributed by atoms with Crippen LogP contribution in [-0.4, -0.2) is 25.8 Å². The lowest BCUT2D eigenvalue weighted by Crippen LogP contribution is -2.19. The SMILES string of the molecule is COc1ccc(C(C)=NNC(=O)c2ccc(C)c(C)c2)cc1OC. The average molecular weight is 326 g/mol. The Morgan fingerprint density at radius 3 is 2.21 bits per heavy atom. The van der Waals surface area contributed by atoms with Gasteiger partial charge in [0.2, 0.25) is 0 Å². The minimum absolute atomic E-state index is 0.238. The monoisotopic (exact) mass is 326 g/mol. The first-order chi connectivity index (χ1) is 11.5. The van der Waals surface area contributed by atoms with Crippen LogP contribution >= 0.6 is 0 Å². The fourth-order valence-electron chi connectivity index (χ4n) is 2.21. The van der Waals surface area contributed by atoms with Gasteiger partial charge in [0.05, 0.1) is 19.9 Å². The molecule has 0 saturated carbocycles. The summed E-state index contributed by atoms with van der Waals surface area (Å²) in [6, 6.07) is 11.1. The maximum atomic E-state index is 12.2.